The summed E-state index contributed by atoms with van der Waals surface area (Å²) in [5.41, 5.74) is 3.82. The molecule has 2 aromatic carbocycles. The number of amides is 2. The number of benzene rings is 2. The van der Waals surface area contributed by atoms with Gasteiger partial charge in [0, 0.05) is 24.3 Å². The zero-order valence-electron chi connectivity index (χ0n) is 15.1. The van der Waals surface area contributed by atoms with E-state index in [1.54, 1.807) is 12.1 Å². The normalized spacial score (nSPS) is 13.7. The molecule has 1 aliphatic rings. The molecule has 1 N–H and O–H groups in total. The van der Waals surface area contributed by atoms with Crippen LogP contribution in [0.3, 0.4) is 0 Å². The third kappa shape index (κ3) is 3.51. The van der Waals surface area contributed by atoms with Crippen LogP contribution in [0.15, 0.2) is 48.7 Å². The Kier molecular flexibility index (Phi) is 4.54. The van der Waals surface area contributed by atoms with Gasteiger partial charge in [0.2, 0.25) is 0 Å². The molecule has 4 rings (SSSR count). The van der Waals surface area contributed by atoms with Crippen LogP contribution in [0.4, 0.5) is 5.69 Å². The summed E-state index contributed by atoms with van der Waals surface area (Å²) in [7, 11) is 0. The molecule has 0 bridgehead atoms. The average Bonchev–Trinajstić information content (AvgIpc) is 3.23. The number of nitrogens with zero attached hydrogens (tertiary/aromatic N) is 3. The SMILES string of the molecule is Cc1cc(C(=O)N2CCCC2)ccc1NC(=O)c1cnc2ccccc2n1. The number of hydrogen-bond acceptors (Lipinski definition) is 4. The van der Waals surface area contributed by atoms with Crippen LogP contribution in [-0.4, -0.2) is 39.8 Å². The number of rotatable bonds is 3. The zero-order chi connectivity index (χ0) is 18.8. The molecule has 1 aromatic heterocycles. The second kappa shape index (κ2) is 7.15. The molecule has 6 nitrogen and oxygen atoms in total. The van der Waals surface area contributed by atoms with Crippen molar-refractivity contribution in [3.05, 3.63) is 65.5 Å². The third-order valence-corrected chi connectivity index (χ3v) is 4.80. The van der Waals surface area contributed by atoms with Gasteiger partial charge in [-0.1, -0.05) is 12.1 Å². The van der Waals surface area contributed by atoms with E-state index in [4.69, 9.17) is 0 Å². The van der Waals surface area contributed by atoms with Gasteiger partial charge in [-0.3, -0.25) is 14.6 Å². The van der Waals surface area contributed by atoms with Gasteiger partial charge in [0.25, 0.3) is 11.8 Å². The molecule has 3 aromatic rings. The number of fused-ring (bicyclic) bond motifs is 1. The molecule has 0 spiro atoms. The fourth-order valence-electron chi connectivity index (χ4n) is 3.29. The molecule has 0 atom stereocenters. The van der Waals surface area contributed by atoms with Gasteiger partial charge in [-0.05, 0) is 55.7 Å². The largest absolute Gasteiger partial charge is 0.339 e. The number of anilines is 1. The maximum absolute atomic E-state index is 12.5. The van der Waals surface area contributed by atoms with Gasteiger partial charge < -0.3 is 10.2 Å². The predicted octanol–water partition coefficient (Wildman–Crippen LogP) is 3.43. The molecule has 1 saturated heterocycles. The number of aryl methyl sites for hydroxylation is 1. The maximum atomic E-state index is 12.5. The minimum atomic E-state index is -0.324. The molecule has 1 fully saturated rings. The molecule has 2 heterocycles. The number of hydrogen-bond donors (Lipinski definition) is 1. The van der Waals surface area contributed by atoms with Crippen LogP contribution < -0.4 is 5.32 Å². The highest BCUT2D eigenvalue weighted by atomic mass is 16.2. The Labute approximate surface area is 157 Å². The molecule has 0 saturated carbocycles. The van der Waals surface area contributed by atoms with E-state index in [-0.39, 0.29) is 17.5 Å². The van der Waals surface area contributed by atoms with Crippen molar-refractivity contribution in [2.24, 2.45) is 0 Å². The van der Waals surface area contributed by atoms with Gasteiger partial charge in [-0.15, -0.1) is 0 Å². The zero-order valence-corrected chi connectivity index (χ0v) is 15.1. The fourth-order valence-corrected chi connectivity index (χ4v) is 3.29. The summed E-state index contributed by atoms with van der Waals surface area (Å²) in [5, 5.41) is 2.86. The molecule has 0 aliphatic carbocycles. The summed E-state index contributed by atoms with van der Waals surface area (Å²) >= 11 is 0. The van der Waals surface area contributed by atoms with Crippen molar-refractivity contribution < 1.29 is 9.59 Å². The number of para-hydroxylation sites is 2. The molecule has 2 amide bonds. The van der Waals surface area contributed by atoms with Crippen molar-refractivity contribution in [1.82, 2.24) is 14.9 Å². The first-order chi connectivity index (χ1) is 13.1. The lowest BCUT2D eigenvalue weighted by Gasteiger charge is -2.16. The lowest BCUT2D eigenvalue weighted by Crippen LogP contribution is -2.27. The molecule has 6 heteroatoms. The van der Waals surface area contributed by atoms with Crippen LogP contribution in [0.5, 0.6) is 0 Å². The summed E-state index contributed by atoms with van der Waals surface area (Å²) in [5.74, 6) is -0.274. The fraction of sp³-hybridized carbons (Fsp3) is 0.238. The lowest BCUT2D eigenvalue weighted by molar-refractivity contribution is 0.0792. The van der Waals surface area contributed by atoms with E-state index in [1.807, 2.05) is 42.2 Å². The van der Waals surface area contributed by atoms with Crippen molar-refractivity contribution in [1.29, 1.82) is 0 Å². The van der Waals surface area contributed by atoms with E-state index >= 15 is 0 Å². The Morgan fingerprint density at radius 2 is 1.78 bits per heavy atom. The summed E-state index contributed by atoms with van der Waals surface area (Å²) in [6.45, 7) is 3.51. The van der Waals surface area contributed by atoms with Crippen LogP contribution in [0.1, 0.15) is 39.3 Å². The maximum Gasteiger partial charge on any atom is 0.275 e. The van der Waals surface area contributed by atoms with E-state index < -0.39 is 0 Å². The van der Waals surface area contributed by atoms with E-state index in [1.165, 1.54) is 6.20 Å². The van der Waals surface area contributed by atoms with Crippen molar-refractivity contribution in [3.8, 4) is 0 Å². The van der Waals surface area contributed by atoms with Crippen LogP contribution >= 0.6 is 0 Å². The summed E-state index contributed by atoms with van der Waals surface area (Å²) in [4.78, 5) is 35.6. The van der Waals surface area contributed by atoms with E-state index in [0.29, 0.717) is 16.8 Å². The van der Waals surface area contributed by atoms with Crippen LogP contribution in [0.25, 0.3) is 11.0 Å². The minimum Gasteiger partial charge on any atom is -0.339 e. The highest BCUT2D eigenvalue weighted by Crippen LogP contribution is 2.20. The number of carbonyl (C=O) groups excluding carboxylic acids is 2. The molecule has 136 valence electrons. The van der Waals surface area contributed by atoms with Gasteiger partial charge in [-0.2, -0.15) is 0 Å². The summed E-state index contributed by atoms with van der Waals surface area (Å²) in [6, 6.07) is 12.8. The first-order valence-corrected chi connectivity index (χ1v) is 9.05. The highest BCUT2D eigenvalue weighted by molar-refractivity contribution is 6.04. The Balaban J connectivity index is 1.52. The average molecular weight is 360 g/mol. The molecule has 0 unspecified atom stereocenters. The van der Waals surface area contributed by atoms with Crippen molar-refractivity contribution in [2.45, 2.75) is 19.8 Å². The van der Waals surface area contributed by atoms with E-state index in [9.17, 15) is 9.59 Å². The first-order valence-electron chi connectivity index (χ1n) is 9.05. The van der Waals surface area contributed by atoms with E-state index in [0.717, 1.165) is 37.0 Å². The molecule has 27 heavy (non-hydrogen) atoms. The number of aromatic nitrogens is 2. The third-order valence-electron chi connectivity index (χ3n) is 4.80. The van der Waals surface area contributed by atoms with Gasteiger partial charge in [-0.25, -0.2) is 4.98 Å². The van der Waals surface area contributed by atoms with Gasteiger partial charge in [0.05, 0.1) is 17.2 Å². The molecular weight excluding hydrogens is 340 g/mol. The topological polar surface area (TPSA) is 75.2 Å². The Bertz CT molecular complexity index is 1030. The second-order valence-corrected chi connectivity index (χ2v) is 6.73. The Morgan fingerprint density at radius 1 is 1.04 bits per heavy atom. The van der Waals surface area contributed by atoms with Crippen molar-refractivity contribution >= 4 is 28.5 Å². The molecule has 1 aliphatic heterocycles. The highest BCUT2D eigenvalue weighted by Gasteiger charge is 2.20. The Morgan fingerprint density at radius 3 is 2.52 bits per heavy atom. The summed E-state index contributed by atoms with van der Waals surface area (Å²) < 4.78 is 0. The van der Waals surface area contributed by atoms with Gasteiger partial charge in [0.1, 0.15) is 5.69 Å². The van der Waals surface area contributed by atoms with Gasteiger partial charge >= 0.3 is 0 Å². The standard InChI is InChI=1S/C21H20N4O2/c1-14-12-15(21(27)25-10-4-5-11-25)8-9-16(14)24-20(26)19-13-22-17-6-2-3-7-18(17)23-19/h2-3,6-9,12-13H,4-5,10-11H2,1H3,(H,24,26). The van der Waals surface area contributed by atoms with Gasteiger partial charge in [0.15, 0.2) is 0 Å². The second-order valence-electron chi connectivity index (χ2n) is 6.73. The van der Waals surface area contributed by atoms with Crippen LogP contribution in [0.2, 0.25) is 0 Å². The molecule has 0 radical (unpaired) electrons. The van der Waals surface area contributed by atoms with E-state index in [2.05, 4.69) is 15.3 Å². The number of carbonyl (C=O) groups is 2. The number of nitrogens with one attached hydrogen (secondary N) is 1. The lowest BCUT2D eigenvalue weighted by atomic mass is 10.1. The van der Waals surface area contributed by atoms with Crippen molar-refractivity contribution in [2.75, 3.05) is 18.4 Å². The van der Waals surface area contributed by atoms with Crippen LogP contribution in [-0.2, 0) is 0 Å². The monoisotopic (exact) mass is 360 g/mol. The minimum absolute atomic E-state index is 0.0499. The molecular formula is C21H20N4O2. The number of likely N-dealkylation sites (tertiary alicyclic amines) is 1. The van der Waals surface area contributed by atoms with Crippen molar-refractivity contribution in [3.63, 3.8) is 0 Å². The quantitative estimate of drug-likeness (QED) is 0.776. The predicted molar refractivity (Wildman–Crippen MR) is 104 cm³/mol. The summed E-state index contributed by atoms with van der Waals surface area (Å²) in [6.07, 6.45) is 3.59. The Hall–Kier alpha value is -3.28. The first kappa shape index (κ1) is 17.1. The van der Waals surface area contributed by atoms with Crippen LogP contribution in [0, 0.1) is 6.92 Å². The smallest absolute Gasteiger partial charge is 0.275 e.